The first-order chi connectivity index (χ1) is 14.6. The number of carbonyl (C=O) groups is 1. The molecule has 0 atom stereocenters. The minimum absolute atomic E-state index is 0.0223. The predicted molar refractivity (Wildman–Crippen MR) is 115 cm³/mol. The number of benzene rings is 3. The number of aromatic nitrogens is 1. The van der Waals surface area contributed by atoms with Crippen molar-refractivity contribution in [2.45, 2.75) is 13.0 Å². The molecule has 0 radical (unpaired) electrons. The molecule has 0 saturated carbocycles. The van der Waals surface area contributed by atoms with Gasteiger partial charge in [0.05, 0.1) is 13.1 Å². The average Bonchev–Trinajstić information content (AvgIpc) is 3.16. The summed E-state index contributed by atoms with van der Waals surface area (Å²) in [5.74, 6) is 0.584. The minimum atomic E-state index is -0.210. The number of hydrogen-bond acceptors (Lipinski definition) is 2. The van der Waals surface area contributed by atoms with Crippen molar-refractivity contribution in [2.75, 3.05) is 13.1 Å². The normalized spacial score (nSPS) is 14.0. The van der Waals surface area contributed by atoms with E-state index < -0.39 is 0 Å². The molecule has 1 amide bonds. The molecule has 0 bridgehead atoms. The second-order valence-corrected chi connectivity index (χ2v) is 7.71. The topological polar surface area (TPSA) is 45.3 Å². The molecule has 0 spiro atoms. The lowest BCUT2D eigenvalue weighted by Gasteiger charge is -2.38. The van der Waals surface area contributed by atoms with Crippen LogP contribution < -0.4 is 4.74 Å². The largest absolute Gasteiger partial charge is 0.487 e. The van der Waals surface area contributed by atoms with Crippen LogP contribution in [0.15, 0.2) is 72.8 Å². The van der Waals surface area contributed by atoms with E-state index in [1.54, 1.807) is 17.9 Å². The summed E-state index contributed by atoms with van der Waals surface area (Å²) in [5, 5.41) is 0.954. The lowest BCUT2D eigenvalue weighted by atomic mass is 10.0. The number of H-pyrrole nitrogens is 1. The Morgan fingerprint density at radius 2 is 1.73 bits per heavy atom. The highest BCUT2D eigenvalue weighted by Crippen LogP contribution is 2.27. The molecule has 150 valence electrons. The van der Waals surface area contributed by atoms with Crippen molar-refractivity contribution in [1.29, 1.82) is 0 Å². The number of nitrogens with one attached hydrogen (secondary N) is 1. The monoisotopic (exact) mass is 400 g/mol. The number of rotatable bonds is 4. The molecular formula is C25H21FN2O2. The van der Waals surface area contributed by atoms with E-state index in [1.807, 2.05) is 60.7 Å². The van der Waals surface area contributed by atoms with Gasteiger partial charge in [-0.05, 0) is 66.1 Å². The second-order valence-electron chi connectivity index (χ2n) is 7.71. The molecule has 1 fully saturated rings. The second kappa shape index (κ2) is 7.34. The highest BCUT2D eigenvalue weighted by Gasteiger charge is 2.33. The molecule has 1 aliphatic rings. The number of carbonyl (C=O) groups excluding carboxylic acids is 1. The van der Waals surface area contributed by atoms with Gasteiger partial charge in [-0.15, -0.1) is 0 Å². The van der Waals surface area contributed by atoms with Crippen LogP contribution >= 0.6 is 0 Å². The number of aromatic amines is 1. The zero-order valence-corrected chi connectivity index (χ0v) is 16.6. The van der Waals surface area contributed by atoms with E-state index in [-0.39, 0.29) is 17.8 Å². The number of hydrogen-bond donors (Lipinski definition) is 1. The molecule has 3 aromatic carbocycles. The van der Waals surface area contributed by atoms with Gasteiger partial charge in [0.15, 0.2) is 0 Å². The van der Waals surface area contributed by atoms with E-state index in [2.05, 4.69) is 4.98 Å². The fraction of sp³-hybridized carbons (Fsp3) is 0.160. The summed E-state index contributed by atoms with van der Waals surface area (Å²) in [6, 6.07) is 22.6. The fourth-order valence-electron chi connectivity index (χ4n) is 3.79. The Kier molecular flexibility index (Phi) is 4.51. The van der Waals surface area contributed by atoms with Crippen LogP contribution in [0.4, 0.5) is 4.39 Å². The molecule has 1 aliphatic heterocycles. The van der Waals surface area contributed by atoms with E-state index in [0.717, 1.165) is 27.8 Å². The first-order valence-electron chi connectivity index (χ1n) is 9.97. The number of amides is 1. The minimum Gasteiger partial charge on any atom is -0.487 e. The van der Waals surface area contributed by atoms with E-state index in [0.29, 0.717) is 24.3 Å². The number of fused-ring (bicyclic) bond motifs is 1. The predicted octanol–water partition coefficient (Wildman–Crippen LogP) is 5.19. The zero-order valence-electron chi connectivity index (χ0n) is 16.6. The summed E-state index contributed by atoms with van der Waals surface area (Å²) >= 11 is 0. The van der Waals surface area contributed by atoms with Crippen LogP contribution in [0.3, 0.4) is 0 Å². The van der Waals surface area contributed by atoms with E-state index in [9.17, 15) is 9.18 Å². The van der Waals surface area contributed by atoms with Gasteiger partial charge in [-0.1, -0.05) is 30.3 Å². The first kappa shape index (κ1) is 18.4. The van der Waals surface area contributed by atoms with Crippen molar-refractivity contribution < 1.29 is 13.9 Å². The standard InChI is InChI=1S/C25H21FN2O2/c1-16-11-17(7-9-22(16)26)18-8-10-23-19(12-18)13-24(27-23)25(29)28-14-21(15-28)30-20-5-3-2-4-6-20/h2-13,21,27H,14-15H2,1H3. The molecule has 1 N–H and O–H groups in total. The van der Waals surface area contributed by atoms with Crippen LogP contribution in [0, 0.1) is 12.7 Å². The van der Waals surface area contributed by atoms with Gasteiger partial charge >= 0.3 is 0 Å². The van der Waals surface area contributed by atoms with Crippen LogP contribution in [0.5, 0.6) is 5.75 Å². The van der Waals surface area contributed by atoms with Gasteiger partial charge in [0.2, 0.25) is 0 Å². The number of likely N-dealkylation sites (tertiary alicyclic amines) is 1. The Morgan fingerprint density at radius 1 is 1.00 bits per heavy atom. The zero-order chi connectivity index (χ0) is 20.7. The Hall–Kier alpha value is -3.60. The number of nitrogens with zero attached hydrogens (tertiary/aromatic N) is 1. The van der Waals surface area contributed by atoms with Crippen LogP contribution in [0.25, 0.3) is 22.0 Å². The highest BCUT2D eigenvalue weighted by molar-refractivity contribution is 5.99. The lowest BCUT2D eigenvalue weighted by molar-refractivity contribution is 0.0174. The molecule has 4 aromatic rings. The lowest BCUT2D eigenvalue weighted by Crippen LogP contribution is -2.56. The van der Waals surface area contributed by atoms with Gasteiger partial charge in [0.1, 0.15) is 23.4 Å². The Bertz CT molecular complexity index is 1230. The maximum atomic E-state index is 13.6. The molecule has 1 saturated heterocycles. The molecule has 30 heavy (non-hydrogen) atoms. The molecule has 1 aromatic heterocycles. The number of ether oxygens (including phenoxy) is 1. The van der Waals surface area contributed by atoms with E-state index in [4.69, 9.17) is 4.74 Å². The summed E-state index contributed by atoms with van der Waals surface area (Å²) in [7, 11) is 0. The quantitative estimate of drug-likeness (QED) is 0.513. The Morgan fingerprint density at radius 3 is 2.50 bits per heavy atom. The first-order valence-corrected chi connectivity index (χ1v) is 9.97. The third-order valence-electron chi connectivity index (χ3n) is 5.52. The third-order valence-corrected chi connectivity index (χ3v) is 5.52. The Labute approximate surface area is 173 Å². The number of para-hydroxylation sites is 1. The summed E-state index contributed by atoms with van der Waals surface area (Å²) in [6.07, 6.45) is 0.0223. The van der Waals surface area contributed by atoms with Gasteiger partial charge < -0.3 is 14.6 Å². The van der Waals surface area contributed by atoms with Crippen LogP contribution in [-0.4, -0.2) is 35.0 Å². The van der Waals surface area contributed by atoms with E-state index >= 15 is 0 Å². The maximum Gasteiger partial charge on any atom is 0.270 e. The van der Waals surface area contributed by atoms with Crippen molar-refractivity contribution in [1.82, 2.24) is 9.88 Å². The van der Waals surface area contributed by atoms with Gasteiger partial charge in [-0.2, -0.15) is 0 Å². The van der Waals surface area contributed by atoms with Crippen molar-refractivity contribution in [3.63, 3.8) is 0 Å². The smallest absolute Gasteiger partial charge is 0.270 e. The summed E-state index contributed by atoms with van der Waals surface area (Å²) < 4.78 is 19.4. The van der Waals surface area contributed by atoms with Gasteiger partial charge in [-0.25, -0.2) is 4.39 Å². The molecule has 4 nitrogen and oxygen atoms in total. The van der Waals surface area contributed by atoms with Crippen LogP contribution in [0.2, 0.25) is 0 Å². The molecule has 5 heteroatoms. The third kappa shape index (κ3) is 3.43. The van der Waals surface area contributed by atoms with Gasteiger partial charge in [0, 0.05) is 10.9 Å². The summed E-state index contributed by atoms with van der Waals surface area (Å²) in [6.45, 7) is 2.90. The molecule has 0 unspecified atom stereocenters. The molecule has 2 heterocycles. The SMILES string of the molecule is Cc1cc(-c2ccc3[nH]c(C(=O)N4CC(Oc5ccccc5)C4)cc3c2)ccc1F. The molecule has 5 rings (SSSR count). The highest BCUT2D eigenvalue weighted by atomic mass is 19.1. The fourth-order valence-corrected chi connectivity index (χ4v) is 3.79. The van der Waals surface area contributed by atoms with Crippen molar-refractivity contribution in [3.8, 4) is 16.9 Å². The molecule has 0 aliphatic carbocycles. The van der Waals surface area contributed by atoms with Crippen molar-refractivity contribution in [3.05, 3.63) is 89.9 Å². The Balaban J connectivity index is 1.30. The summed E-state index contributed by atoms with van der Waals surface area (Å²) in [5.41, 5.74) is 4.02. The number of aryl methyl sites for hydroxylation is 1. The van der Waals surface area contributed by atoms with Gasteiger partial charge in [0.25, 0.3) is 5.91 Å². The van der Waals surface area contributed by atoms with Crippen LogP contribution in [0.1, 0.15) is 16.1 Å². The summed E-state index contributed by atoms with van der Waals surface area (Å²) in [4.78, 5) is 17.8. The van der Waals surface area contributed by atoms with Crippen molar-refractivity contribution >= 4 is 16.8 Å². The molecular weight excluding hydrogens is 379 g/mol. The van der Waals surface area contributed by atoms with E-state index in [1.165, 1.54) is 6.07 Å². The van der Waals surface area contributed by atoms with Crippen LogP contribution in [-0.2, 0) is 0 Å². The number of halogens is 1. The average molecular weight is 400 g/mol. The maximum absolute atomic E-state index is 13.6. The van der Waals surface area contributed by atoms with Crippen molar-refractivity contribution in [2.24, 2.45) is 0 Å². The van der Waals surface area contributed by atoms with Gasteiger partial charge in [-0.3, -0.25) is 4.79 Å².